The molecule has 0 fully saturated rings. The Morgan fingerprint density at radius 2 is 0.726 bits per heavy atom. The van der Waals surface area contributed by atoms with E-state index >= 15 is 26.3 Å². The average molecular weight is 1110 g/mol. The Labute approximate surface area is 474 Å². The number of anilines is 6. The highest BCUT2D eigenvalue weighted by molar-refractivity contribution is 6.14. The van der Waals surface area contributed by atoms with Crippen molar-refractivity contribution in [3.63, 3.8) is 0 Å². The number of nitriles is 2. The Bertz CT molecular complexity index is 5000. The second kappa shape index (κ2) is 18.7. The second-order valence-corrected chi connectivity index (χ2v) is 20.4. The van der Waals surface area contributed by atoms with E-state index in [1.54, 1.807) is 81.9 Å². The Balaban J connectivity index is 1.17. The van der Waals surface area contributed by atoms with Crippen molar-refractivity contribution in [1.29, 1.82) is 10.5 Å². The molecule has 2 aromatic heterocycles. The number of para-hydroxylation sites is 8. The first-order valence-corrected chi connectivity index (χ1v) is 26.7. The molecule has 84 heavy (non-hydrogen) atoms. The molecular formula is C70H38F6N6O2. The van der Waals surface area contributed by atoms with Crippen LogP contribution in [0.4, 0.5) is 60.5 Å². The van der Waals surface area contributed by atoms with E-state index in [1.807, 2.05) is 131 Å². The van der Waals surface area contributed by atoms with Gasteiger partial charge in [-0.15, -0.1) is 0 Å². The molecule has 0 saturated heterocycles. The van der Waals surface area contributed by atoms with Crippen molar-refractivity contribution in [2.45, 2.75) is 12.4 Å². The standard InChI is InChI=1S/C70H38F6N6O2/c71-69(72,73)43-29-31-49-47-19-7-9-21-53(47)81(57(49)37-43)67-52(40-78)51(39-77)65(41-27-33-63-59(35-41)79(45-15-3-1-4-16-45)55-23-11-13-25-61(55)83-63)66(68(67)82-54-22-10-8-20-48(54)50-32-30-44(38-58(50)82)70(74,75)76)42-28-34-64-60(36-42)80(46-17-5-2-6-18-46)56-24-12-14-26-62(56)84-64/h1-38H. The highest BCUT2D eigenvalue weighted by atomic mass is 19.4. The molecule has 2 aliphatic rings. The maximum absolute atomic E-state index is 15.4. The first kappa shape index (κ1) is 49.8. The topological polar surface area (TPSA) is 82.4 Å². The van der Waals surface area contributed by atoms with Gasteiger partial charge in [0.25, 0.3) is 0 Å². The monoisotopic (exact) mass is 1110 g/mol. The van der Waals surface area contributed by atoms with E-state index in [0.29, 0.717) is 89.5 Å². The zero-order chi connectivity index (χ0) is 57.2. The zero-order valence-electron chi connectivity index (χ0n) is 43.7. The zero-order valence-corrected chi connectivity index (χ0v) is 43.7. The lowest BCUT2D eigenvalue weighted by Crippen LogP contribution is -2.16. The van der Waals surface area contributed by atoms with Crippen LogP contribution in [0.1, 0.15) is 22.3 Å². The number of aromatic nitrogens is 2. The summed E-state index contributed by atoms with van der Waals surface area (Å²) in [6, 6.07) is 70.9. The van der Waals surface area contributed by atoms with Crippen molar-refractivity contribution in [2.75, 3.05) is 9.80 Å². The van der Waals surface area contributed by atoms with Crippen molar-refractivity contribution < 1.29 is 35.8 Å². The summed E-state index contributed by atoms with van der Waals surface area (Å²) in [6.07, 6.45) is -9.66. The van der Waals surface area contributed by atoms with Crippen LogP contribution in [0, 0.1) is 22.7 Å². The number of benzene rings is 11. The van der Waals surface area contributed by atoms with E-state index in [1.165, 1.54) is 12.1 Å². The predicted molar refractivity (Wildman–Crippen MR) is 315 cm³/mol. The van der Waals surface area contributed by atoms with Crippen molar-refractivity contribution in [1.82, 2.24) is 9.13 Å². The SMILES string of the molecule is N#Cc1c(C#N)c(-n2c3ccccc3c3ccc(C(F)(F)F)cc32)c(-n2c3ccccc3c3ccc(C(F)(F)F)cc32)c(-c2ccc3c(c2)N(c2ccccc2)c2ccccc2O3)c1-c1ccc2c(c1)N(c1ccccc1)c1ccccc1O2. The molecular weight excluding hydrogens is 1070 g/mol. The summed E-state index contributed by atoms with van der Waals surface area (Å²) in [5.41, 5.74) is 3.76. The first-order chi connectivity index (χ1) is 40.9. The summed E-state index contributed by atoms with van der Waals surface area (Å²) >= 11 is 0. The summed E-state index contributed by atoms with van der Waals surface area (Å²) in [5.74, 6) is 2.03. The third-order valence-electron chi connectivity index (χ3n) is 15.8. The van der Waals surface area contributed by atoms with Crippen LogP contribution in [-0.4, -0.2) is 9.13 Å². The van der Waals surface area contributed by atoms with Gasteiger partial charge in [0.15, 0.2) is 23.0 Å². The third kappa shape index (κ3) is 7.61. The third-order valence-corrected chi connectivity index (χ3v) is 15.8. The normalized spacial score (nSPS) is 12.8. The second-order valence-electron chi connectivity index (χ2n) is 20.4. The number of hydrogen-bond donors (Lipinski definition) is 0. The van der Waals surface area contributed by atoms with E-state index < -0.39 is 23.5 Å². The number of nitrogens with zero attached hydrogens (tertiary/aromatic N) is 6. The minimum atomic E-state index is -4.83. The van der Waals surface area contributed by atoms with Gasteiger partial charge in [0.1, 0.15) is 12.1 Å². The van der Waals surface area contributed by atoms with Crippen molar-refractivity contribution in [2.24, 2.45) is 0 Å². The predicted octanol–water partition coefficient (Wildman–Crippen LogP) is 20.1. The Hall–Kier alpha value is -11.2. The molecule has 0 unspecified atom stereocenters. The van der Waals surface area contributed by atoms with Gasteiger partial charge in [-0.2, -0.15) is 36.9 Å². The molecule has 0 amide bonds. The first-order valence-electron chi connectivity index (χ1n) is 26.7. The van der Waals surface area contributed by atoms with Crippen LogP contribution in [0.25, 0.3) is 77.2 Å². The van der Waals surface area contributed by atoms with E-state index in [2.05, 4.69) is 12.1 Å². The van der Waals surface area contributed by atoms with Crippen LogP contribution >= 0.6 is 0 Å². The number of alkyl halides is 6. The maximum Gasteiger partial charge on any atom is 0.416 e. The lowest BCUT2D eigenvalue weighted by atomic mass is 9.84. The van der Waals surface area contributed by atoms with Gasteiger partial charge in [0, 0.05) is 44.0 Å². The number of ether oxygens (including phenoxy) is 2. The highest BCUT2D eigenvalue weighted by Gasteiger charge is 2.38. The molecule has 0 saturated carbocycles. The molecule has 0 N–H and O–H groups in total. The van der Waals surface area contributed by atoms with Crippen LogP contribution < -0.4 is 19.3 Å². The molecule has 4 heterocycles. The molecule has 13 aromatic rings. The summed E-state index contributed by atoms with van der Waals surface area (Å²) in [4.78, 5) is 4.05. The fraction of sp³-hybridized carbons (Fsp3) is 0.0286. The number of halogens is 6. The van der Waals surface area contributed by atoms with Gasteiger partial charge in [-0.1, -0.05) is 121 Å². The molecule has 0 aliphatic carbocycles. The van der Waals surface area contributed by atoms with Crippen LogP contribution in [0.2, 0.25) is 0 Å². The van der Waals surface area contributed by atoms with Crippen molar-refractivity contribution in [3.8, 4) is 68.8 Å². The Morgan fingerprint density at radius 3 is 1.19 bits per heavy atom. The summed E-state index contributed by atoms with van der Waals surface area (Å²) in [5, 5.41) is 26.0. The molecule has 11 aromatic carbocycles. The van der Waals surface area contributed by atoms with E-state index in [4.69, 9.17) is 9.47 Å². The van der Waals surface area contributed by atoms with E-state index in [0.717, 1.165) is 35.6 Å². The van der Waals surface area contributed by atoms with Crippen molar-refractivity contribution >= 4 is 77.7 Å². The van der Waals surface area contributed by atoms with Gasteiger partial charge in [0.05, 0.1) is 78.4 Å². The quantitative estimate of drug-likeness (QED) is 0.154. The minimum absolute atomic E-state index is 0.0249. The van der Waals surface area contributed by atoms with Gasteiger partial charge in [-0.3, -0.25) is 0 Å². The lowest BCUT2D eigenvalue weighted by Gasteiger charge is -2.34. The van der Waals surface area contributed by atoms with Crippen LogP contribution in [-0.2, 0) is 12.4 Å². The highest BCUT2D eigenvalue weighted by Crippen LogP contribution is 2.57. The van der Waals surface area contributed by atoms with Crippen molar-refractivity contribution in [3.05, 3.63) is 253 Å². The largest absolute Gasteiger partial charge is 0.453 e. The van der Waals surface area contributed by atoms with Crippen LogP contribution in [0.5, 0.6) is 23.0 Å². The summed E-state index contributed by atoms with van der Waals surface area (Å²) in [7, 11) is 0. The van der Waals surface area contributed by atoms with Crippen LogP contribution in [0.3, 0.4) is 0 Å². The van der Waals surface area contributed by atoms with Gasteiger partial charge >= 0.3 is 12.4 Å². The summed E-state index contributed by atoms with van der Waals surface area (Å²) in [6.45, 7) is 0. The van der Waals surface area contributed by atoms with Gasteiger partial charge < -0.3 is 28.4 Å². The number of rotatable bonds is 6. The molecule has 0 radical (unpaired) electrons. The lowest BCUT2D eigenvalue weighted by molar-refractivity contribution is -0.138. The maximum atomic E-state index is 15.4. The molecule has 402 valence electrons. The van der Waals surface area contributed by atoms with E-state index in [9.17, 15) is 10.5 Å². The smallest absolute Gasteiger partial charge is 0.416 e. The Kier molecular flexibility index (Phi) is 11.1. The average Bonchev–Trinajstić information content (AvgIpc) is 2.94. The molecule has 0 atom stereocenters. The molecule has 14 heteroatoms. The molecule has 8 nitrogen and oxygen atoms in total. The van der Waals surface area contributed by atoms with Gasteiger partial charge in [-0.05, 0) is 120 Å². The number of fused-ring (bicyclic) bond motifs is 10. The fourth-order valence-corrected chi connectivity index (χ4v) is 12.3. The Morgan fingerprint density at radius 1 is 0.333 bits per heavy atom. The van der Waals surface area contributed by atoms with Crippen LogP contribution in [0.15, 0.2) is 231 Å². The van der Waals surface area contributed by atoms with Gasteiger partial charge in [0.2, 0.25) is 0 Å². The molecule has 15 rings (SSSR count). The fourth-order valence-electron chi connectivity index (χ4n) is 12.3. The molecule has 0 spiro atoms. The number of hydrogen-bond acceptors (Lipinski definition) is 6. The molecule has 2 aliphatic heterocycles. The van der Waals surface area contributed by atoms with Gasteiger partial charge in [-0.25, -0.2) is 0 Å². The molecule has 0 bridgehead atoms. The summed E-state index contributed by atoms with van der Waals surface area (Å²) < 4.78 is 108. The minimum Gasteiger partial charge on any atom is -0.453 e. The van der Waals surface area contributed by atoms with E-state index in [-0.39, 0.29) is 44.7 Å².